The van der Waals surface area contributed by atoms with E-state index < -0.39 is 22.6 Å². The number of H-pyrrole nitrogens is 1. The molecule has 4 atom stereocenters. The molecule has 2 aliphatic heterocycles. The van der Waals surface area contributed by atoms with Crippen LogP contribution in [0.5, 0.6) is 0 Å². The van der Waals surface area contributed by atoms with Crippen molar-refractivity contribution in [1.29, 1.82) is 0 Å². The summed E-state index contributed by atoms with van der Waals surface area (Å²) in [6.07, 6.45) is -0.402. The molecule has 4 N–H and O–H groups in total. The summed E-state index contributed by atoms with van der Waals surface area (Å²) in [5.74, 6) is 1.84. The molecule has 4 heterocycles. The van der Waals surface area contributed by atoms with Gasteiger partial charge in [0.2, 0.25) is 5.95 Å². The van der Waals surface area contributed by atoms with Crippen LogP contribution in [0.15, 0.2) is 11.1 Å². The minimum absolute atomic E-state index is 0.0159. The Morgan fingerprint density at radius 2 is 2.31 bits per heavy atom. The highest BCUT2D eigenvalue weighted by Crippen LogP contribution is 2.74. The maximum atomic E-state index is 11.9. The molecule has 2 aromatic heterocycles. The lowest BCUT2D eigenvalue weighted by molar-refractivity contribution is -0.0447. The number of nitrogens with zero attached hydrogens (tertiary/aromatic N) is 3. The molecule has 26 heavy (non-hydrogen) atoms. The van der Waals surface area contributed by atoms with Crippen molar-refractivity contribution in [3.8, 4) is 0 Å². The highest BCUT2D eigenvalue weighted by atomic mass is 33.2. The summed E-state index contributed by atoms with van der Waals surface area (Å²) in [7, 11) is 0. The number of aromatic amines is 1. The molecular weight excluding hydrogens is 417 g/mol. The number of nitrogens with one attached hydrogen (secondary N) is 1. The van der Waals surface area contributed by atoms with Gasteiger partial charge in [0.05, 0.1) is 19.0 Å². The van der Waals surface area contributed by atoms with Crippen LogP contribution in [0.2, 0.25) is 0 Å². The smallest absolute Gasteiger partial charge is 0.280 e. The Morgan fingerprint density at radius 3 is 3.04 bits per heavy atom. The fourth-order valence-corrected chi connectivity index (χ4v) is 11.8. The lowest BCUT2D eigenvalue weighted by Crippen LogP contribution is -2.25. The van der Waals surface area contributed by atoms with Gasteiger partial charge in [0.15, 0.2) is 22.1 Å². The third kappa shape index (κ3) is 3.32. The molecule has 2 aromatic rings. The number of imidazole rings is 1. The molecule has 0 unspecified atom stereocenters. The molecule has 2 aliphatic rings. The molecule has 4 rings (SSSR count). The predicted molar refractivity (Wildman–Crippen MR) is 107 cm³/mol. The number of hydrogen-bond acceptors (Lipinski definition) is 10. The van der Waals surface area contributed by atoms with Gasteiger partial charge in [-0.05, 0) is 11.8 Å². The molecule has 142 valence electrons. The van der Waals surface area contributed by atoms with Crippen LogP contribution in [0.25, 0.3) is 11.2 Å². The zero-order valence-corrected chi connectivity index (χ0v) is 17.1. The zero-order chi connectivity index (χ0) is 18.5. The van der Waals surface area contributed by atoms with Gasteiger partial charge in [-0.2, -0.15) is 4.98 Å². The summed E-state index contributed by atoms with van der Waals surface area (Å²) in [6.45, 7) is 2.23. The van der Waals surface area contributed by atoms with Crippen LogP contribution in [-0.2, 0) is 21.1 Å². The maximum absolute atomic E-state index is 11.9. The van der Waals surface area contributed by atoms with E-state index in [4.69, 9.17) is 26.8 Å². The SMILES string of the molecule is C[C@H]1[C@@H](O)[C@H](n2cnc3c(=O)[nH]c(N)nc32)O[C@@H]1COP1(=S)SCCS1. The van der Waals surface area contributed by atoms with Gasteiger partial charge >= 0.3 is 0 Å². The Bertz CT molecular complexity index is 926. The molecule has 0 amide bonds. The molecule has 0 spiro atoms. The molecule has 9 nitrogen and oxygen atoms in total. The number of fused-ring (bicyclic) bond motifs is 1. The van der Waals surface area contributed by atoms with E-state index in [0.29, 0.717) is 6.61 Å². The van der Waals surface area contributed by atoms with Gasteiger partial charge in [-0.3, -0.25) is 14.3 Å². The first-order chi connectivity index (χ1) is 12.4. The second kappa shape index (κ2) is 7.08. The number of aromatic nitrogens is 4. The Kier molecular flexibility index (Phi) is 5.10. The molecule has 0 bridgehead atoms. The van der Waals surface area contributed by atoms with E-state index in [1.165, 1.54) is 6.33 Å². The van der Waals surface area contributed by atoms with Gasteiger partial charge < -0.3 is 20.1 Å². The van der Waals surface area contributed by atoms with Crippen LogP contribution in [-0.4, -0.2) is 54.9 Å². The number of nitrogen functional groups attached to an aromatic ring is 1. The second-order valence-corrected chi connectivity index (χ2v) is 16.8. The summed E-state index contributed by atoms with van der Waals surface area (Å²) in [6, 6.07) is 0. The third-order valence-electron chi connectivity index (χ3n) is 4.44. The quantitative estimate of drug-likeness (QED) is 0.605. The molecular formula is C13H18N5O4PS3. The Balaban J connectivity index is 1.56. The minimum Gasteiger partial charge on any atom is -0.388 e. The van der Waals surface area contributed by atoms with Crippen LogP contribution >= 0.6 is 27.4 Å². The van der Waals surface area contributed by atoms with Crippen molar-refractivity contribution in [2.75, 3.05) is 23.8 Å². The molecule has 0 aliphatic carbocycles. The number of rotatable bonds is 4. The first kappa shape index (κ1) is 18.7. The Morgan fingerprint density at radius 1 is 1.58 bits per heavy atom. The van der Waals surface area contributed by atoms with Crippen LogP contribution < -0.4 is 11.3 Å². The first-order valence-corrected chi connectivity index (χ1v) is 13.9. The van der Waals surface area contributed by atoms with E-state index in [0.717, 1.165) is 11.5 Å². The fraction of sp³-hybridized carbons (Fsp3) is 0.615. The minimum atomic E-state index is -1.89. The topological polar surface area (TPSA) is 128 Å². The number of nitrogens with two attached hydrogens (primary N) is 1. The summed E-state index contributed by atoms with van der Waals surface area (Å²) >= 11 is 9.00. The highest BCUT2D eigenvalue weighted by molar-refractivity contribution is 9.00. The van der Waals surface area contributed by atoms with Gasteiger partial charge in [-0.15, -0.1) is 0 Å². The maximum Gasteiger partial charge on any atom is 0.280 e. The van der Waals surface area contributed by atoms with Crippen molar-refractivity contribution in [3.63, 3.8) is 0 Å². The van der Waals surface area contributed by atoms with Crippen LogP contribution in [0, 0.1) is 5.92 Å². The van der Waals surface area contributed by atoms with Gasteiger partial charge in [0, 0.05) is 17.4 Å². The van der Waals surface area contributed by atoms with Crippen molar-refractivity contribution in [2.45, 2.75) is 25.4 Å². The number of aliphatic hydroxyl groups is 1. The molecule has 0 aromatic carbocycles. The highest BCUT2D eigenvalue weighted by Gasteiger charge is 2.43. The van der Waals surface area contributed by atoms with Gasteiger partial charge in [-0.1, -0.05) is 29.7 Å². The van der Waals surface area contributed by atoms with Crippen molar-refractivity contribution in [2.24, 2.45) is 5.92 Å². The monoisotopic (exact) mass is 435 g/mol. The Labute approximate surface area is 162 Å². The molecule has 2 saturated heterocycles. The van der Waals surface area contributed by atoms with Gasteiger partial charge in [0.1, 0.15) is 6.10 Å². The summed E-state index contributed by atoms with van der Waals surface area (Å²) in [4.78, 5) is 22.5. The second-order valence-electron chi connectivity index (χ2n) is 6.10. The third-order valence-corrected chi connectivity index (χ3v) is 14.3. The van der Waals surface area contributed by atoms with Crippen LogP contribution in [0.1, 0.15) is 13.2 Å². The van der Waals surface area contributed by atoms with E-state index in [-0.39, 0.29) is 29.1 Å². The lowest BCUT2D eigenvalue weighted by Gasteiger charge is -2.20. The van der Waals surface area contributed by atoms with Crippen molar-refractivity contribution < 1.29 is 14.4 Å². The number of ether oxygens (including phenoxy) is 1. The summed E-state index contributed by atoms with van der Waals surface area (Å²) in [5.41, 5.74) is 5.62. The van der Waals surface area contributed by atoms with E-state index in [2.05, 4.69) is 15.0 Å². The average molecular weight is 435 g/mol. The fourth-order valence-electron chi connectivity index (χ4n) is 2.99. The molecule has 13 heteroatoms. The lowest BCUT2D eigenvalue weighted by atomic mass is 10.0. The number of aliphatic hydroxyl groups excluding tert-OH is 1. The summed E-state index contributed by atoms with van der Waals surface area (Å²) in [5, 5.41) is 10.7. The number of hydrogen-bond donors (Lipinski definition) is 3. The largest absolute Gasteiger partial charge is 0.388 e. The van der Waals surface area contributed by atoms with Gasteiger partial charge in [0.25, 0.3) is 5.56 Å². The van der Waals surface area contributed by atoms with Crippen molar-refractivity contribution >= 4 is 56.4 Å². The van der Waals surface area contributed by atoms with E-state index >= 15 is 0 Å². The molecule has 0 saturated carbocycles. The van der Waals surface area contributed by atoms with Crippen LogP contribution in [0.3, 0.4) is 0 Å². The molecule has 2 fully saturated rings. The van der Waals surface area contributed by atoms with Crippen molar-refractivity contribution in [3.05, 3.63) is 16.7 Å². The normalized spacial score (nSPS) is 31.0. The van der Waals surface area contributed by atoms with Crippen LogP contribution in [0.4, 0.5) is 5.95 Å². The Hall–Kier alpha value is -0.620. The van der Waals surface area contributed by atoms with E-state index in [9.17, 15) is 9.90 Å². The average Bonchev–Trinajstić information content (AvgIpc) is 3.27. The summed E-state index contributed by atoms with van der Waals surface area (Å²) < 4.78 is 11.7. The zero-order valence-electron chi connectivity index (χ0n) is 13.8. The first-order valence-electron chi connectivity index (χ1n) is 7.97. The van der Waals surface area contributed by atoms with E-state index in [1.807, 2.05) is 6.92 Å². The predicted octanol–water partition coefficient (Wildman–Crippen LogP) is 1.32. The number of anilines is 1. The van der Waals surface area contributed by atoms with Crippen molar-refractivity contribution in [1.82, 2.24) is 19.5 Å². The molecule has 0 radical (unpaired) electrons. The van der Waals surface area contributed by atoms with E-state index in [1.54, 1.807) is 27.3 Å². The van der Waals surface area contributed by atoms with Gasteiger partial charge in [-0.25, -0.2) is 4.98 Å². The standard InChI is InChI=1S/C13H18N5O4PS3/c1-6-7(4-21-23(24)25-2-3-26-23)22-12(9(6)19)18-5-15-8-10(18)16-13(14)17-11(8)20/h5-7,9,12,19H,2-4H2,1H3,(H3,14,16,17,20)/t6-,7-,9-,12-/m1/s1.